The number of aromatic nitrogens is 2. The molecule has 0 atom stereocenters. The Labute approximate surface area is 267 Å². The number of hydrogen-bond donors (Lipinski definition) is 1. The third-order valence-corrected chi connectivity index (χ3v) is 7.87. The summed E-state index contributed by atoms with van der Waals surface area (Å²) in [5, 5.41) is 1.32. The maximum atomic E-state index is 15.5. The topological polar surface area (TPSA) is 37.9 Å². The number of hydrogen-bond acceptors (Lipinski definition) is 2. The van der Waals surface area contributed by atoms with Gasteiger partial charge in [-0.1, -0.05) is 69.4 Å². The molecule has 1 aliphatic carbocycles. The molecule has 242 valence electrons. The molecule has 4 aromatic rings. The van der Waals surface area contributed by atoms with E-state index in [1.165, 1.54) is 49.8 Å². The van der Waals surface area contributed by atoms with Crippen molar-refractivity contribution in [3.05, 3.63) is 105 Å². The van der Waals surface area contributed by atoms with Crippen LogP contribution in [0.5, 0.6) is 5.75 Å². The summed E-state index contributed by atoms with van der Waals surface area (Å²) >= 11 is 6.29. The van der Waals surface area contributed by atoms with Gasteiger partial charge in [-0.3, -0.25) is 0 Å². The van der Waals surface area contributed by atoms with E-state index in [9.17, 15) is 17.6 Å². The van der Waals surface area contributed by atoms with Crippen LogP contribution < -0.4 is 4.74 Å². The SMILES string of the molecule is CCC/C=C(\c1c(F)ccc(C=C2CCC2)c1F)c1c[nH]c2ncc(Cl)c(C)c12.CCCC.COc1ccc(C(F)(F)F)cc1. The number of fused-ring (bicyclic) bond motifs is 1. The summed E-state index contributed by atoms with van der Waals surface area (Å²) in [6, 6.07) is 7.41. The van der Waals surface area contributed by atoms with Crippen LogP contribution in [-0.2, 0) is 6.18 Å². The molecule has 0 amide bonds. The highest BCUT2D eigenvalue weighted by molar-refractivity contribution is 6.32. The number of aromatic amines is 1. The van der Waals surface area contributed by atoms with Crippen LogP contribution in [0.2, 0.25) is 5.02 Å². The molecule has 0 radical (unpaired) electrons. The van der Waals surface area contributed by atoms with E-state index in [-0.39, 0.29) is 5.56 Å². The number of rotatable bonds is 7. The Balaban J connectivity index is 0.000000286. The van der Waals surface area contributed by atoms with Crippen molar-refractivity contribution in [2.45, 2.75) is 78.8 Å². The first-order valence-corrected chi connectivity index (χ1v) is 15.6. The van der Waals surface area contributed by atoms with Crippen molar-refractivity contribution in [3.8, 4) is 5.75 Å². The van der Waals surface area contributed by atoms with Crippen molar-refractivity contribution in [3.63, 3.8) is 0 Å². The van der Waals surface area contributed by atoms with E-state index in [4.69, 9.17) is 16.3 Å². The second kappa shape index (κ2) is 16.6. The lowest BCUT2D eigenvalue weighted by Crippen LogP contribution is -2.03. The number of allylic oxidation sites excluding steroid dienone is 2. The molecule has 1 N–H and O–H groups in total. The fourth-order valence-corrected chi connectivity index (χ4v) is 4.67. The second-order valence-corrected chi connectivity index (χ2v) is 11.2. The predicted molar refractivity (Wildman–Crippen MR) is 175 cm³/mol. The van der Waals surface area contributed by atoms with Crippen molar-refractivity contribution in [1.82, 2.24) is 9.97 Å². The number of nitrogens with zero attached hydrogens (tertiary/aromatic N) is 1. The van der Waals surface area contributed by atoms with Gasteiger partial charge in [0, 0.05) is 28.9 Å². The summed E-state index contributed by atoms with van der Waals surface area (Å²) in [5.74, 6) is -0.667. The second-order valence-electron chi connectivity index (χ2n) is 10.8. The highest BCUT2D eigenvalue weighted by Crippen LogP contribution is 2.38. The minimum atomic E-state index is -4.27. The Morgan fingerprint density at radius 1 is 1.00 bits per heavy atom. The van der Waals surface area contributed by atoms with E-state index in [1.54, 1.807) is 12.4 Å². The van der Waals surface area contributed by atoms with Crippen molar-refractivity contribution in [2.75, 3.05) is 7.11 Å². The number of unbranched alkanes of at least 4 members (excludes halogenated alkanes) is 2. The van der Waals surface area contributed by atoms with E-state index in [2.05, 4.69) is 23.8 Å². The van der Waals surface area contributed by atoms with E-state index in [0.717, 1.165) is 48.8 Å². The quantitative estimate of drug-likeness (QED) is 0.203. The number of methoxy groups -OCH3 is 1. The molecule has 45 heavy (non-hydrogen) atoms. The molecule has 3 nitrogen and oxygen atoms in total. The molecule has 2 aromatic heterocycles. The van der Waals surface area contributed by atoms with Crippen LogP contribution in [0, 0.1) is 18.6 Å². The molecule has 5 rings (SSSR count). The van der Waals surface area contributed by atoms with Gasteiger partial charge in [-0.25, -0.2) is 13.8 Å². The van der Waals surface area contributed by atoms with Gasteiger partial charge in [0.1, 0.15) is 23.0 Å². The number of alkyl halides is 3. The van der Waals surface area contributed by atoms with Crippen molar-refractivity contribution < 1.29 is 26.7 Å². The number of ether oxygens (including phenoxy) is 1. The molecule has 9 heteroatoms. The maximum Gasteiger partial charge on any atom is 0.416 e. The van der Waals surface area contributed by atoms with Crippen LogP contribution in [0.15, 0.2) is 60.4 Å². The summed E-state index contributed by atoms with van der Waals surface area (Å²) in [4.78, 5) is 7.45. The Kier molecular flexibility index (Phi) is 13.2. The summed E-state index contributed by atoms with van der Waals surface area (Å²) in [5.41, 5.74) is 3.73. The fourth-order valence-electron chi connectivity index (χ4n) is 4.53. The molecule has 1 fully saturated rings. The van der Waals surface area contributed by atoms with E-state index in [0.29, 0.717) is 39.5 Å². The van der Waals surface area contributed by atoms with Gasteiger partial charge >= 0.3 is 6.18 Å². The third-order valence-electron chi connectivity index (χ3n) is 7.49. The standard InChI is InChI=1S/C24H23ClF2N2.C8H7F3O.C4H10/c1-3-4-8-17(18-12-28-24-21(18)14(2)19(25)13-29-24)22-20(26)10-9-16(23(22)27)11-15-6-5-7-15;1-12-7-4-2-6(3-5-7)8(9,10)11;1-3-4-2/h8-13H,3-7H2,1-2H3,(H,28,29);2-5H,1H3;3-4H2,1-2H3/b17-8-;;. The molecule has 0 aliphatic heterocycles. The van der Waals surface area contributed by atoms with E-state index >= 15 is 4.39 Å². The van der Waals surface area contributed by atoms with Crippen LogP contribution in [0.3, 0.4) is 0 Å². The minimum Gasteiger partial charge on any atom is -0.497 e. The predicted octanol–water partition coefficient (Wildman–Crippen LogP) is 12.1. The fraction of sp³-hybridized carbons (Fsp3) is 0.361. The van der Waals surface area contributed by atoms with Crippen LogP contribution in [0.25, 0.3) is 22.7 Å². The monoisotopic (exact) mass is 646 g/mol. The van der Waals surface area contributed by atoms with Gasteiger partial charge in [0.2, 0.25) is 0 Å². The Morgan fingerprint density at radius 2 is 1.67 bits per heavy atom. The number of benzene rings is 2. The highest BCUT2D eigenvalue weighted by Gasteiger charge is 2.30. The van der Waals surface area contributed by atoms with E-state index < -0.39 is 23.4 Å². The average molecular weight is 647 g/mol. The van der Waals surface area contributed by atoms with Crippen LogP contribution in [0.1, 0.15) is 93.5 Å². The molecule has 1 aliphatic rings. The molecule has 2 aromatic carbocycles. The molecule has 0 bridgehead atoms. The Hall–Kier alpha value is -3.65. The molecule has 0 unspecified atom stereocenters. The van der Waals surface area contributed by atoms with Crippen molar-refractivity contribution in [1.29, 1.82) is 0 Å². The van der Waals surface area contributed by atoms with Gasteiger partial charge < -0.3 is 9.72 Å². The molecule has 1 saturated carbocycles. The average Bonchev–Trinajstić information content (AvgIpc) is 3.44. The lowest BCUT2D eigenvalue weighted by atomic mass is 9.89. The zero-order chi connectivity index (χ0) is 33.1. The number of pyridine rings is 1. The van der Waals surface area contributed by atoms with Crippen molar-refractivity contribution in [2.24, 2.45) is 0 Å². The molecule has 0 spiro atoms. The first-order valence-electron chi connectivity index (χ1n) is 15.2. The molecule has 0 saturated heterocycles. The lowest BCUT2D eigenvalue weighted by molar-refractivity contribution is -0.137. The molecular formula is C36H40ClF5N2O. The normalized spacial score (nSPS) is 13.0. The van der Waals surface area contributed by atoms with Gasteiger partial charge in [-0.2, -0.15) is 13.2 Å². The third kappa shape index (κ3) is 9.19. The first kappa shape index (κ1) is 35.8. The lowest BCUT2D eigenvalue weighted by Gasteiger charge is -2.17. The molecular weight excluding hydrogens is 607 g/mol. The van der Waals surface area contributed by atoms with Gasteiger partial charge in [-0.05, 0) is 80.1 Å². The summed E-state index contributed by atoms with van der Waals surface area (Å²) in [6.07, 6.45) is 10.2. The zero-order valence-corrected chi connectivity index (χ0v) is 27.1. The number of H-pyrrole nitrogens is 1. The number of aryl methyl sites for hydroxylation is 1. The summed E-state index contributed by atoms with van der Waals surface area (Å²) in [7, 11) is 1.41. The van der Waals surface area contributed by atoms with Crippen LogP contribution in [-0.4, -0.2) is 17.1 Å². The van der Waals surface area contributed by atoms with Gasteiger partial charge in [0.05, 0.1) is 23.3 Å². The van der Waals surface area contributed by atoms with Crippen molar-refractivity contribution >= 4 is 34.3 Å². The summed E-state index contributed by atoms with van der Waals surface area (Å²) in [6.45, 7) is 8.29. The Morgan fingerprint density at radius 3 is 2.20 bits per heavy atom. The summed E-state index contributed by atoms with van der Waals surface area (Å²) < 4.78 is 71.1. The first-order chi connectivity index (χ1) is 21.5. The largest absolute Gasteiger partial charge is 0.497 e. The van der Waals surface area contributed by atoms with Gasteiger partial charge in [0.15, 0.2) is 0 Å². The number of halogens is 6. The van der Waals surface area contributed by atoms with Crippen LogP contribution >= 0.6 is 11.6 Å². The zero-order valence-electron chi connectivity index (χ0n) is 26.3. The van der Waals surface area contributed by atoms with E-state index in [1.807, 2.05) is 26.0 Å². The van der Waals surface area contributed by atoms with Gasteiger partial charge in [0.25, 0.3) is 0 Å². The highest BCUT2D eigenvalue weighted by atomic mass is 35.5. The minimum absolute atomic E-state index is 0.00685. The smallest absolute Gasteiger partial charge is 0.416 e. The molecule has 2 heterocycles. The number of nitrogens with one attached hydrogen (secondary N) is 1. The van der Waals surface area contributed by atoms with Gasteiger partial charge in [-0.15, -0.1) is 0 Å². The Bertz CT molecular complexity index is 1610. The van der Waals surface area contributed by atoms with Crippen LogP contribution in [0.4, 0.5) is 22.0 Å². The maximum absolute atomic E-state index is 15.5.